The van der Waals surface area contributed by atoms with E-state index in [2.05, 4.69) is 5.32 Å². The van der Waals surface area contributed by atoms with Gasteiger partial charge in [-0.15, -0.1) is 0 Å². The molecule has 34 heavy (non-hydrogen) atoms. The van der Waals surface area contributed by atoms with Gasteiger partial charge >= 0.3 is 11.7 Å². The zero-order valence-corrected chi connectivity index (χ0v) is 20.1. The van der Waals surface area contributed by atoms with Crippen molar-refractivity contribution < 1.29 is 9.59 Å². The second-order valence-corrected chi connectivity index (χ2v) is 8.92. The average Bonchev–Trinajstić information content (AvgIpc) is 2.99. The van der Waals surface area contributed by atoms with Gasteiger partial charge in [0, 0.05) is 56.4 Å². The largest absolute Gasteiger partial charge is 0.341 e. The summed E-state index contributed by atoms with van der Waals surface area (Å²) in [5.41, 5.74) is 2.37. The van der Waals surface area contributed by atoms with Gasteiger partial charge in [0.25, 0.3) is 0 Å². The molecule has 0 saturated carbocycles. The first-order valence-corrected chi connectivity index (χ1v) is 12.1. The van der Waals surface area contributed by atoms with E-state index in [9.17, 15) is 14.4 Å². The van der Waals surface area contributed by atoms with E-state index in [0.29, 0.717) is 56.4 Å². The SMILES string of the molecule is CCCn1c(=O)n(CCC(=O)N2CCCN(C(=O)Nc3ccc(Cl)cc3)CC2)c2ccccc21. The number of rotatable bonds is 6. The third-order valence-corrected chi connectivity index (χ3v) is 6.40. The number of amides is 3. The third kappa shape index (κ3) is 5.28. The molecule has 0 atom stereocenters. The Labute approximate surface area is 203 Å². The fourth-order valence-corrected chi connectivity index (χ4v) is 4.53. The van der Waals surface area contributed by atoms with Crippen LogP contribution < -0.4 is 11.0 Å². The summed E-state index contributed by atoms with van der Waals surface area (Å²) in [5, 5.41) is 3.49. The molecule has 8 nitrogen and oxygen atoms in total. The summed E-state index contributed by atoms with van der Waals surface area (Å²) >= 11 is 5.90. The van der Waals surface area contributed by atoms with Crippen molar-refractivity contribution in [1.82, 2.24) is 18.9 Å². The normalized spacial score (nSPS) is 14.3. The van der Waals surface area contributed by atoms with Gasteiger partial charge in [-0.1, -0.05) is 30.7 Å². The fraction of sp³-hybridized carbons (Fsp3) is 0.400. The number of carbonyl (C=O) groups excluding carboxylic acids is 2. The number of urea groups is 1. The lowest BCUT2D eigenvalue weighted by molar-refractivity contribution is -0.131. The minimum absolute atomic E-state index is 0.000757. The van der Waals surface area contributed by atoms with Crippen LogP contribution in [0.3, 0.4) is 0 Å². The number of hydrogen-bond acceptors (Lipinski definition) is 3. The average molecular weight is 484 g/mol. The molecular formula is C25H30ClN5O3. The zero-order chi connectivity index (χ0) is 24.1. The van der Waals surface area contributed by atoms with E-state index >= 15 is 0 Å². The number of imidazole rings is 1. The maximum atomic E-state index is 13.0. The Hall–Kier alpha value is -3.26. The first kappa shape index (κ1) is 23.9. The first-order chi connectivity index (χ1) is 16.5. The lowest BCUT2D eigenvalue weighted by Gasteiger charge is -2.22. The number of aryl methyl sites for hydroxylation is 2. The number of hydrogen-bond donors (Lipinski definition) is 1. The van der Waals surface area contributed by atoms with E-state index in [4.69, 9.17) is 11.6 Å². The van der Waals surface area contributed by atoms with Crippen LogP contribution in [0.25, 0.3) is 11.0 Å². The minimum atomic E-state index is -0.188. The van der Waals surface area contributed by atoms with Gasteiger partial charge in [-0.2, -0.15) is 0 Å². The Bertz CT molecular complexity index is 1220. The molecule has 2 aromatic carbocycles. The number of nitrogens with one attached hydrogen (secondary N) is 1. The molecule has 3 aromatic rings. The Kier molecular flexibility index (Phi) is 7.57. The molecule has 1 aliphatic rings. The Balaban J connectivity index is 1.36. The van der Waals surface area contributed by atoms with Crippen LogP contribution in [0.2, 0.25) is 5.02 Å². The summed E-state index contributed by atoms with van der Waals surface area (Å²) in [7, 11) is 0. The van der Waals surface area contributed by atoms with E-state index < -0.39 is 0 Å². The molecule has 1 saturated heterocycles. The molecule has 2 heterocycles. The van der Waals surface area contributed by atoms with Crippen LogP contribution in [0.15, 0.2) is 53.3 Å². The highest BCUT2D eigenvalue weighted by Crippen LogP contribution is 2.16. The predicted octanol–water partition coefficient (Wildman–Crippen LogP) is 4.02. The summed E-state index contributed by atoms with van der Waals surface area (Å²) in [4.78, 5) is 42.1. The second kappa shape index (κ2) is 10.8. The molecule has 3 amide bonds. The van der Waals surface area contributed by atoms with E-state index in [-0.39, 0.29) is 24.0 Å². The number of nitrogens with zero attached hydrogens (tertiary/aromatic N) is 4. The van der Waals surface area contributed by atoms with Crippen molar-refractivity contribution in [2.24, 2.45) is 0 Å². The molecule has 9 heteroatoms. The van der Waals surface area contributed by atoms with Crippen LogP contribution in [-0.4, -0.2) is 57.1 Å². The van der Waals surface area contributed by atoms with Crippen molar-refractivity contribution in [3.8, 4) is 0 Å². The smallest absolute Gasteiger partial charge is 0.329 e. The number of para-hydroxylation sites is 2. The van der Waals surface area contributed by atoms with E-state index in [1.54, 1.807) is 43.2 Å². The molecule has 0 radical (unpaired) electrons. The van der Waals surface area contributed by atoms with Crippen LogP contribution in [0.5, 0.6) is 0 Å². The van der Waals surface area contributed by atoms with Crippen molar-refractivity contribution in [2.75, 3.05) is 31.5 Å². The van der Waals surface area contributed by atoms with E-state index in [1.165, 1.54) is 0 Å². The van der Waals surface area contributed by atoms with Gasteiger partial charge in [-0.3, -0.25) is 13.9 Å². The number of carbonyl (C=O) groups is 2. The van der Waals surface area contributed by atoms with Crippen molar-refractivity contribution >= 4 is 40.3 Å². The van der Waals surface area contributed by atoms with Gasteiger partial charge < -0.3 is 15.1 Å². The van der Waals surface area contributed by atoms with Crippen molar-refractivity contribution in [3.05, 3.63) is 64.0 Å². The van der Waals surface area contributed by atoms with Gasteiger partial charge in [0.2, 0.25) is 5.91 Å². The number of benzene rings is 2. The molecule has 0 bridgehead atoms. The number of halogens is 1. The van der Waals surface area contributed by atoms with Crippen LogP contribution in [-0.2, 0) is 17.9 Å². The molecule has 1 aliphatic heterocycles. The molecule has 0 unspecified atom stereocenters. The molecular weight excluding hydrogens is 454 g/mol. The fourth-order valence-electron chi connectivity index (χ4n) is 4.40. The minimum Gasteiger partial charge on any atom is -0.341 e. The topological polar surface area (TPSA) is 79.6 Å². The summed E-state index contributed by atoms with van der Waals surface area (Å²) in [6.07, 6.45) is 1.81. The number of anilines is 1. The van der Waals surface area contributed by atoms with Crippen LogP contribution in [0, 0.1) is 0 Å². The maximum absolute atomic E-state index is 13.0. The molecule has 4 rings (SSSR count). The highest BCUT2D eigenvalue weighted by Gasteiger charge is 2.22. The molecule has 1 fully saturated rings. The lowest BCUT2D eigenvalue weighted by Crippen LogP contribution is -2.39. The van der Waals surface area contributed by atoms with Gasteiger partial charge in [-0.05, 0) is 49.2 Å². The van der Waals surface area contributed by atoms with Crippen LogP contribution >= 0.6 is 11.6 Å². The lowest BCUT2D eigenvalue weighted by atomic mass is 10.3. The second-order valence-electron chi connectivity index (χ2n) is 8.48. The first-order valence-electron chi connectivity index (χ1n) is 11.7. The Morgan fingerprint density at radius 1 is 0.882 bits per heavy atom. The quantitative estimate of drug-likeness (QED) is 0.575. The zero-order valence-electron chi connectivity index (χ0n) is 19.4. The number of fused-ring (bicyclic) bond motifs is 1. The summed E-state index contributed by atoms with van der Waals surface area (Å²) in [6.45, 7) is 5.14. The molecule has 0 spiro atoms. The van der Waals surface area contributed by atoms with Gasteiger partial charge in [0.15, 0.2) is 0 Å². The Morgan fingerprint density at radius 3 is 2.18 bits per heavy atom. The van der Waals surface area contributed by atoms with Gasteiger partial charge in [-0.25, -0.2) is 9.59 Å². The number of aromatic nitrogens is 2. The highest BCUT2D eigenvalue weighted by molar-refractivity contribution is 6.30. The van der Waals surface area contributed by atoms with Gasteiger partial charge in [0.1, 0.15) is 0 Å². The monoisotopic (exact) mass is 483 g/mol. The van der Waals surface area contributed by atoms with Crippen molar-refractivity contribution in [1.29, 1.82) is 0 Å². The third-order valence-electron chi connectivity index (χ3n) is 6.15. The Morgan fingerprint density at radius 2 is 1.50 bits per heavy atom. The van der Waals surface area contributed by atoms with Gasteiger partial charge in [0.05, 0.1) is 11.0 Å². The van der Waals surface area contributed by atoms with Crippen molar-refractivity contribution in [2.45, 2.75) is 39.3 Å². The summed E-state index contributed by atoms with van der Waals surface area (Å²) in [6, 6.07) is 14.5. The standard InChI is InChI=1S/C25H30ClN5O3/c1-2-13-30-21-6-3-4-7-22(21)31(25(30)34)16-12-23(32)28-14-5-15-29(18-17-28)24(33)27-20-10-8-19(26)9-11-20/h3-4,6-11H,2,5,12-18H2,1H3,(H,27,33). The maximum Gasteiger partial charge on any atom is 0.329 e. The van der Waals surface area contributed by atoms with E-state index in [0.717, 1.165) is 17.5 Å². The highest BCUT2D eigenvalue weighted by atomic mass is 35.5. The van der Waals surface area contributed by atoms with Crippen LogP contribution in [0.4, 0.5) is 10.5 Å². The summed E-state index contributed by atoms with van der Waals surface area (Å²) < 4.78 is 3.48. The molecule has 1 aromatic heterocycles. The predicted molar refractivity (Wildman–Crippen MR) is 134 cm³/mol. The van der Waals surface area contributed by atoms with E-state index in [1.807, 2.05) is 31.2 Å². The molecule has 1 N–H and O–H groups in total. The molecule has 0 aliphatic carbocycles. The van der Waals surface area contributed by atoms with Crippen LogP contribution in [0.1, 0.15) is 26.2 Å². The van der Waals surface area contributed by atoms with Crippen molar-refractivity contribution in [3.63, 3.8) is 0 Å². The molecule has 180 valence electrons. The summed E-state index contributed by atoms with van der Waals surface area (Å²) in [5.74, 6) is -0.000757.